The van der Waals surface area contributed by atoms with Crippen molar-refractivity contribution in [2.24, 2.45) is 5.92 Å². The Labute approximate surface area is 107 Å². The fourth-order valence-electron chi connectivity index (χ4n) is 2.10. The Hall–Kier alpha value is -0.600. The van der Waals surface area contributed by atoms with Crippen molar-refractivity contribution < 1.29 is 4.39 Å². The third-order valence-corrected chi connectivity index (χ3v) is 3.49. The van der Waals surface area contributed by atoms with Crippen LogP contribution in [0.25, 0.3) is 0 Å². The van der Waals surface area contributed by atoms with Crippen molar-refractivity contribution >= 4 is 11.6 Å². The molecule has 2 rings (SSSR count). The molecular weight excluding hydrogens is 237 g/mol. The lowest BCUT2D eigenvalue weighted by Gasteiger charge is -2.20. The molecule has 0 amide bonds. The normalized spacial score (nSPS) is 23.8. The van der Waals surface area contributed by atoms with Gasteiger partial charge in [0.15, 0.2) is 0 Å². The molecule has 94 valence electrons. The molecule has 0 aromatic heterocycles. The van der Waals surface area contributed by atoms with Gasteiger partial charge in [0, 0.05) is 5.54 Å². The van der Waals surface area contributed by atoms with Crippen molar-refractivity contribution in [2.45, 2.75) is 38.6 Å². The maximum Gasteiger partial charge on any atom is 0.145 e. The van der Waals surface area contributed by atoms with Crippen molar-refractivity contribution in [3.63, 3.8) is 0 Å². The highest BCUT2D eigenvalue weighted by atomic mass is 35.5. The molecule has 0 heterocycles. The van der Waals surface area contributed by atoms with Gasteiger partial charge in [-0.05, 0) is 57.2 Å². The Bertz CT molecular complexity index is 411. The standard InChI is InChI=1S/C14H19ClFN/c1-14(2,3)17-8-9-7-11(9)10-5-4-6-12(15)13(10)16/h4-6,9,11,17H,7-8H2,1-3H3. The predicted octanol–water partition coefficient (Wildman–Crippen LogP) is 3.97. The monoisotopic (exact) mass is 255 g/mol. The highest BCUT2D eigenvalue weighted by Gasteiger charge is 2.40. The van der Waals surface area contributed by atoms with Gasteiger partial charge in [0.25, 0.3) is 0 Å². The summed E-state index contributed by atoms with van der Waals surface area (Å²) in [5, 5.41) is 3.70. The van der Waals surface area contributed by atoms with E-state index >= 15 is 0 Å². The zero-order valence-electron chi connectivity index (χ0n) is 10.6. The molecule has 3 heteroatoms. The Morgan fingerprint density at radius 2 is 2.12 bits per heavy atom. The molecule has 0 radical (unpaired) electrons. The van der Waals surface area contributed by atoms with Crippen molar-refractivity contribution in [1.82, 2.24) is 5.32 Å². The maximum absolute atomic E-state index is 13.8. The number of hydrogen-bond donors (Lipinski definition) is 1. The summed E-state index contributed by atoms with van der Waals surface area (Å²) in [5.74, 6) is 0.642. The molecule has 17 heavy (non-hydrogen) atoms. The van der Waals surface area contributed by atoms with E-state index in [2.05, 4.69) is 26.1 Å². The van der Waals surface area contributed by atoms with E-state index in [0.29, 0.717) is 11.8 Å². The van der Waals surface area contributed by atoms with Gasteiger partial charge in [-0.3, -0.25) is 0 Å². The average molecular weight is 256 g/mol. The Balaban J connectivity index is 1.96. The molecule has 1 saturated carbocycles. The fourth-order valence-corrected chi connectivity index (χ4v) is 2.28. The molecule has 2 atom stereocenters. The van der Waals surface area contributed by atoms with E-state index in [4.69, 9.17) is 11.6 Å². The lowest BCUT2D eigenvalue weighted by molar-refractivity contribution is 0.413. The first kappa shape index (κ1) is 12.8. The topological polar surface area (TPSA) is 12.0 Å². The van der Waals surface area contributed by atoms with Crippen molar-refractivity contribution in [3.8, 4) is 0 Å². The Kier molecular flexibility index (Phi) is 3.46. The largest absolute Gasteiger partial charge is 0.312 e. The van der Waals surface area contributed by atoms with Crippen LogP contribution in [0.5, 0.6) is 0 Å². The van der Waals surface area contributed by atoms with Crippen LogP contribution in [0.2, 0.25) is 5.02 Å². The number of benzene rings is 1. The van der Waals surface area contributed by atoms with Crippen LogP contribution in [0.4, 0.5) is 4.39 Å². The quantitative estimate of drug-likeness (QED) is 0.862. The highest BCUT2D eigenvalue weighted by Crippen LogP contribution is 2.48. The van der Waals surface area contributed by atoms with E-state index in [0.717, 1.165) is 18.5 Å². The van der Waals surface area contributed by atoms with E-state index in [1.54, 1.807) is 6.07 Å². The van der Waals surface area contributed by atoms with Crippen LogP contribution in [0.3, 0.4) is 0 Å². The molecule has 1 nitrogen and oxygen atoms in total. The molecule has 0 aliphatic heterocycles. The third kappa shape index (κ3) is 3.20. The molecule has 0 spiro atoms. The smallest absolute Gasteiger partial charge is 0.145 e. The Morgan fingerprint density at radius 1 is 1.41 bits per heavy atom. The number of hydrogen-bond acceptors (Lipinski definition) is 1. The molecule has 1 aliphatic rings. The van der Waals surface area contributed by atoms with Crippen LogP contribution in [0, 0.1) is 11.7 Å². The zero-order chi connectivity index (χ0) is 12.6. The van der Waals surface area contributed by atoms with E-state index in [1.165, 1.54) is 0 Å². The Morgan fingerprint density at radius 3 is 2.76 bits per heavy atom. The number of rotatable bonds is 3. The highest BCUT2D eigenvalue weighted by molar-refractivity contribution is 6.30. The molecule has 0 saturated heterocycles. The maximum atomic E-state index is 13.8. The van der Waals surface area contributed by atoms with Gasteiger partial charge in [-0.1, -0.05) is 23.7 Å². The van der Waals surface area contributed by atoms with Crippen LogP contribution in [0.1, 0.15) is 38.7 Å². The summed E-state index contributed by atoms with van der Waals surface area (Å²) < 4.78 is 13.8. The van der Waals surface area contributed by atoms with Gasteiger partial charge >= 0.3 is 0 Å². The van der Waals surface area contributed by atoms with Gasteiger partial charge in [0.2, 0.25) is 0 Å². The average Bonchev–Trinajstić information content (AvgIpc) is 2.97. The van der Waals surface area contributed by atoms with Gasteiger partial charge in [-0.15, -0.1) is 0 Å². The lowest BCUT2D eigenvalue weighted by Crippen LogP contribution is -2.37. The van der Waals surface area contributed by atoms with E-state index < -0.39 is 0 Å². The zero-order valence-corrected chi connectivity index (χ0v) is 11.3. The number of halogens is 2. The van der Waals surface area contributed by atoms with Crippen LogP contribution >= 0.6 is 11.6 Å². The summed E-state index contributed by atoms with van der Waals surface area (Å²) in [4.78, 5) is 0. The minimum Gasteiger partial charge on any atom is -0.312 e. The van der Waals surface area contributed by atoms with Crippen LogP contribution < -0.4 is 5.32 Å². The minimum atomic E-state index is -0.238. The lowest BCUT2D eigenvalue weighted by atomic mass is 10.1. The first-order valence-electron chi connectivity index (χ1n) is 6.07. The molecule has 1 N–H and O–H groups in total. The fraction of sp³-hybridized carbons (Fsp3) is 0.571. The van der Waals surface area contributed by atoms with E-state index in [9.17, 15) is 4.39 Å². The van der Waals surface area contributed by atoms with Gasteiger partial charge in [-0.25, -0.2) is 4.39 Å². The van der Waals surface area contributed by atoms with Crippen molar-refractivity contribution in [2.75, 3.05) is 6.54 Å². The summed E-state index contributed by atoms with van der Waals surface area (Å²) in [6.45, 7) is 7.37. The van der Waals surface area contributed by atoms with Crippen molar-refractivity contribution in [1.29, 1.82) is 0 Å². The predicted molar refractivity (Wildman–Crippen MR) is 70.0 cm³/mol. The second-order valence-corrected chi connectivity index (χ2v) is 6.28. The summed E-state index contributed by atoms with van der Waals surface area (Å²) in [7, 11) is 0. The molecule has 0 bridgehead atoms. The first-order chi connectivity index (χ1) is 7.88. The van der Waals surface area contributed by atoms with Crippen LogP contribution in [-0.4, -0.2) is 12.1 Å². The summed E-state index contributed by atoms with van der Waals surface area (Å²) in [6, 6.07) is 5.28. The van der Waals surface area contributed by atoms with Crippen LogP contribution in [-0.2, 0) is 0 Å². The minimum absolute atomic E-state index is 0.125. The molecule has 1 aromatic carbocycles. The summed E-state index contributed by atoms with van der Waals surface area (Å²) in [6.07, 6.45) is 1.06. The SMILES string of the molecule is CC(C)(C)NCC1CC1c1cccc(Cl)c1F. The van der Waals surface area contributed by atoms with Crippen molar-refractivity contribution in [3.05, 3.63) is 34.6 Å². The molecular formula is C14H19ClFN. The first-order valence-corrected chi connectivity index (χ1v) is 6.45. The van der Waals surface area contributed by atoms with Gasteiger partial charge in [0.1, 0.15) is 5.82 Å². The third-order valence-electron chi connectivity index (χ3n) is 3.20. The number of nitrogens with one attached hydrogen (secondary N) is 1. The van der Waals surface area contributed by atoms with Gasteiger partial charge in [0.05, 0.1) is 5.02 Å². The van der Waals surface area contributed by atoms with Crippen LogP contribution in [0.15, 0.2) is 18.2 Å². The molecule has 1 aromatic rings. The van der Waals surface area contributed by atoms with Gasteiger partial charge in [-0.2, -0.15) is 0 Å². The summed E-state index contributed by atoms with van der Waals surface area (Å²) in [5.41, 5.74) is 0.901. The second kappa shape index (κ2) is 4.58. The van der Waals surface area contributed by atoms with E-state index in [1.807, 2.05) is 12.1 Å². The van der Waals surface area contributed by atoms with E-state index in [-0.39, 0.29) is 16.4 Å². The molecule has 1 aliphatic carbocycles. The van der Waals surface area contributed by atoms with Gasteiger partial charge < -0.3 is 5.32 Å². The second-order valence-electron chi connectivity index (χ2n) is 5.88. The summed E-state index contributed by atoms with van der Waals surface area (Å²) >= 11 is 5.79. The molecule has 2 unspecified atom stereocenters. The molecule has 1 fully saturated rings.